The molecule has 9 heteroatoms. The number of piperidine rings is 1. The molecular formula is C29H33ClN2O5S. The molecule has 4 rings (SSSR count). The fraction of sp³-hybridized carbons (Fsp3) is 0.379. The van der Waals surface area contributed by atoms with Crippen LogP contribution in [0.25, 0.3) is 10.4 Å². The lowest BCUT2D eigenvalue weighted by Crippen LogP contribution is -2.46. The maximum absolute atomic E-state index is 13.1. The average molecular weight is 557 g/mol. The summed E-state index contributed by atoms with van der Waals surface area (Å²) in [5.41, 5.74) is 1.96. The van der Waals surface area contributed by atoms with E-state index in [4.69, 9.17) is 25.8 Å². The van der Waals surface area contributed by atoms with E-state index in [1.54, 1.807) is 30.2 Å². The molecule has 0 saturated carbocycles. The first-order valence-electron chi connectivity index (χ1n) is 12.5. The Morgan fingerprint density at radius 2 is 1.82 bits per heavy atom. The number of likely N-dealkylation sites (tertiary alicyclic amines) is 1. The Morgan fingerprint density at radius 3 is 2.50 bits per heavy atom. The van der Waals surface area contributed by atoms with E-state index in [9.17, 15) is 9.59 Å². The van der Waals surface area contributed by atoms with Crippen LogP contribution in [0, 0.1) is 6.92 Å². The molecule has 3 aromatic rings. The van der Waals surface area contributed by atoms with Crippen molar-refractivity contribution in [3.63, 3.8) is 0 Å². The predicted molar refractivity (Wildman–Crippen MR) is 152 cm³/mol. The number of carbonyl (C=O) groups is 2. The Balaban J connectivity index is 1.42. The highest BCUT2D eigenvalue weighted by molar-refractivity contribution is 7.17. The number of aryl methyl sites for hydroxylation is 1. The van der Waals surface area contributed by atoms with Gasteiger partial charge in [-0.1, -0.05) is 23.7 Å². The lowest BCUT2D eigenvalue weighted by Gasteiger charge is -2.34. The minimum atomic E-state index is -0.548. The molecule has 1 saturated heterocycles. The van der Waals surface area contributed by atoms with E-state index in [1.165, 1.54) is 11.3 Å². The number of nitrogens with one attached hydrogen (secondary N) is 1. The maximum atomic E-state index is 13.1. The number of anilines is 1. The second kappa shape index (κ2) is 11.7. The first kappa shape index (κ1) is 27.8. The molecule has 1 N–H and O–H groups in total. The van der Waals surface area contributed by atoms with Gasteiger partial charge in [-0.25, -0.2) is 4.79 Å². The number of thiophene rings is 1. The summed E-state index contributed by atoms with van der Waals surface area (Å²) in [6.45, 7) is 8.56. The minimum Gasteiger partial charge on any atom is -0.493 e. The monoisotopic (exact) mass is 556 g/mol. The number of nitrogens with zero attached hydrogens (tertiary/aromatic N) is 1. The van der Waals surface area contributed by atoms with E-state index in [0.717, 1.165) is 28.8 Å². The zero-order chi connectivity index (χ0) is 27.4. The number of methoxy groups -OCH3 is 1. The fourth-order valence-corrected chi connectivity index (χ4v) is 5.40. The highest BCUT2D eigenvalue weighted by atomic mass is 35.5. The second-order valence-corrected chi connectivity index (χ2v) is 11.7. The molecule has 2 amide bonds. The molecule has 0 aliphatic carbocycles. The molecule has 0 bridgehead atoms. The first-order chi connectivity index (χ1) is 18.0. The molecule has 0 spiro atoms. The van der Waals surface area contributed by atoms with Crippen molar-refractivity contribution in [1.82, 2.24) is 4.90 Å². The van der Waals surface area contributed by atoms with Gasteiger partial charge in [0, 0.05) is 28.2 Å². The Bertz CT molecular complexity index is 1300. The van der Waals surface area contributed by atoms with Crippen LogP contribution in [0.1, 0.15) is 48.8 Å². The van der Waals surface area contributed by atoms with Gasteiger partial charge in [0.15, 0.2) is 11.5 Å². The van der Waals surface area contributed by atoms with Crippen LogP contribution in [0.4, 0.5) is 10.5 Å². The van der Waals surface area contributed by atoms with Gasteiger partial charge in [-0.15, -0.1) is 11.3 Å². The molecule has 7 nitrogen and oxygen atoms in total. The normalized spacial score (nSPS) is 15.6. The number of rotatable bonds is 6. The lowest BCUT2D eigenvalue weighted by molar-refractivity contribution is 0.00751. The molecule has 0 radical (unpaired) electrons. The molecule has 1 aliphatic heterocycles. The molecule has 1 atom stereocenters. The molecule has 2 aromatic carbocycles. The fourth-order valence-electron chi connectivity index (χ4n) is 4.20. The topological polar surface area (TPSA) is 77.1 Å². The standard InChI is InChI=1S/C29H33ClN2O5S/c1-18-15-25(19-8-10-20(30)11-9-19)38-26(18)27(33)31-21-12-13-23(24(16-21)35-5)36-22-7-6-14-32(17-22)28(34)37-29(2,3)4/h8-13,15-16,22H,6-7,14,17H2,1-5H3,(H,31,33)/t22-/m1/s1. The highest BCUT2D eigenvalue weighted by Gasteiger charge is 2.29. The molecule has 202 valence electrons. The van der Waals surface area contributed by atoms with Gasteiger partial charge in [-0.3, -0.25) is 4.79 Å². The smallest absolute Gasteiger partial charge is 0.410 e. The van der Waals surface area contributed by atoms with Crippen LogP contribution in [-0.4, -0.2) is 48.8 Å². The Labute approximate surface area is 232 Å². The summed E-state index contributed by atoms with van der Waals surface area (Å²) in [5.74, 6) is 0.865. The quantitative estimate of drug-likeness (QED) is 0.342. The zero-order valence-corrected chi connectivity index (χ0v) is 23.9. The number of ether oxygens (including phenoxy) is 3. The van der Waals surface area contributed by atoms with E-state index in [1.807, 2.05) is 58.0 Å². The van der Waals surface area contributed by atoms with Gasteiger partial charge in [0.2, 0.25) is 0 Å². The summed E-state index contributed by atoms with van der Waals surface area (Å²) >= 11 is 7.44. The van der Waals surface area contributed by atoms with Crippen LogP contribution >= 0.6 is 22.9 Å². The average Bonchev–Trinajstić information content (AvgIpc) is 3.26. The number of hydrogen-bond donors (Lipinski definition) is 1. The van der Waals surface area contributed by atoms with Gasteiger partial charge in [0.25, 0.3) is 5.91 Å². The van der Waals surface area contributed by atoms with Crippen LogP contribution in [0.5, 0.6) is 11.5 Å². The summed E-state index contributed by atoms with van der Waals surface area (Å²) in [4.78, 5) is 28.9. The predicted octanol–water partition coefficient (Wildman–Crippen LogP) is 7.42. The van der Waals surface area contributed by atoms with Crippen molar-refractivity contribution in [2.45, 2.75) is 52.2 Å². The molecular weight excluding hydrogens is 524 g/mol. The summed E-state index contributed by atoms with van der Waals surface area (Å²) in [6, 6.07) is 14.9. The van der Waals surface area contributed by atoms with E-state index in [0.29, 0.717) is 40.2 Å². The third-order valence-electron chi connectivity index (χ3n) is 6.00. The van der Waals surface area contributed by atoms with Crippen molar-refractivity contribution in [2.75, 3.05) is 25.5 Å². The van der Waals surface area contributed by atoms with E-state index < -0.39 is 5.60 Å². The molecule has 1 aromatic heterocycles. The molecule has 1 aliphatic rings. The van der Waals surface area contributed by atoms with Gasteiger partial charge in [0.1, 0.15) is 11.7 Å². The molecule has 38 heavy (non-hydrogen) atoms. The third-order valence-corrected chi connectivity index (χ3v) is 7.53. The van der Waals surface area contributed by atoms with Gasteiger partial charge < -0.3 is 24.4 Å². The third kappa shape index (κ3) is 6.99. The van der Waals surface area contributed by atoms with E-state index >= 15 is 0 Å². The molecule has 0 unspecified atom stereocenters. The van der Waals surface area contributed by atoms with Gasteiger partial charge in [0.05, 0.1) is 18.5 Å². The number of benzene rings is 2. The maximum Gasteiger partial charge on any atom is 0.410 e. The molecule has 2 heterocycles. The van der Waals surface area contributed by atoms with Crippen molar-refractivity contribution >= 4 is 40.6 Å². The highest BCUT2D eigenvalue weighted by Crippen LogP contribution is 2.35. The number of amides is 2. The van der Waals surface area contributed by atoms with Gasteiger partial charge >= 0.3 is 6.09 Å². The first-order valence-corrected chi connectivity index (χ1v) is 13.7. The van der Waals surface area contributed by atoms with Crippen molar-refractivity contribution in [3.05, 3.63) is 64.0 Å². The molecule has 1 fully saturated rings. The van der Waals surface area contributed by atoms with Gasteiger partial charge in [-0.05, 0) is 82.0 Å². The summed E-state index contributed by atoms with van der Waals surface area (Å²) in [6.07, 6.45) is 1.11. The van der Waals surface area contributed by atoms with Gasteiger partial charge in [-0.2, -0.15) is 0 Å². The minimum absolute atomic E-state index is 0.189. The van der Waals surface area contributed by atoms with Crippen LogP contribution in [0.2, 0.25) is 5.02 Å². The number of carbonyl (C=O) groups excluding carboxylic acids is 2. The summed E-state index contributed by atoms with van der Waals surface area (Å²) in [5, 5.41) is 3.64. The van der Waals surface area contributed by atoms with Crippen LogP contribution in [0.15, 0.2) is 48.5 Å². The van der Waals surface area contributed by atoms with Crippen molar-refractivity contribution in [2.24, 2.45) is 0 Å². The SMILES string of the molecule is COc1cc(NC(=O)c2sc(-c3ccc(Cl)cc3)cc2C)ccc1O[C@@H]1CCCN(C(=O)OC(C)(C)C)C1. The van der Waals surface area contributed by atoms with Crippen molar-refractivity contribution in [3.8, 4) is 21.9 Å². The van der Waals surface area contributed by atoms with Crippen molar-refractivity contribution < 1.29 is 23.8 Å². The largest absolute Gasteiger partial charge is 0.493 e. The number of halogens is 1. The Hall–Kier alpha value is -3.23. The Morgan fingerprint density at radius 1 is 1.08 bits per heavy atom. The Kier molecular flexibility index (Phi) is 8.53. The van der Waals surface area contributed by atoms with Crippen LogP contribution < -0.4 is 14.8 Å². The second-order valence-electron chi connectivity index (χ2n) is 10.3. The lowest BCUT2D eigenvalue weighted by atomic mass is 10.1. The van der Waals surface area contributed by atoms with Crippen LogP contribution in [-0.2, 0) is 4.74 Å². The van der Waals surface area contributed by atoms with E-state index in [2.05, 4.69) is 5.32 Å². The van der Waals surface area contributed by atoms with E-state index in [-0.39, 0.29) is 18.1 Å². The summed E-state index contributed by atoms with van der Waals surface area (Å²) < 4.78 is 17.3. The van der Waals surface area contributed by atoms with Crippen molar-refractivity contribution in [1.29, 1.82) is 0 Å². The number of hydrogen-bond acceptors (Lipinski definition) is 6. The zero-order valence-electron chi connectivity index (χ0n) is 22.3. The summed E-state index contributed by atoms with van der Waals surface area (Å²) in [7, 11) is 1.56. The van der Waals surface area contributed by atoms with Crippen LogP contribution in [0.3, 0.4) is 0 Å².